The van der Waals surface area contributed by atoms with E-state index < -0.39 is 43.5 Å². The van der Waals surface area contributed by atoms with Crippen LogP contribution in [0.1, 0.15) is 0 Å². The van der Waals surface area contributed by atoms with Crippen molar-refractivity contribution in [2.45, 2.75) is 36.3 Å². The van der Waals surface area contributed by atoms with Gasteiger partial charge in [-0.15, -0.1) is 13.2 Å². The van der Waals surface area contributed by atoms with Gasteiger partial charge >= 0.3 is 36.3 Å². The quantitative estimate of drug-likeness (QED) is 0.693. The van der Waals surface area contributed by atoms with E-state index in [0.717, 1.165) is 0 Å². The lowest BCUT2D eigenvalue weighted by Crippen LogP contribution is -2.74. The molecule has 0 atom stereocenters. The molecule has 0 aliphatic carbocycles. The average molecular weight is 366 g/mol. The van der Waals surface area contributed by atoms with Crippen LogP contribution in [0.4, 0.5) is 57.1 Å². The zero-order valence-electron chi connectivity index (χ0n) is 9.73. The smallest absolute Gasteiger partial charge is 0.357 e. The Hall–Kier alpha value is -0.990. The fraction of sp³-hybridized carbons (Fsp3) is 1.00. The van der Waals surface area contributed by atoms with Crippen LogP contribution >= 0.6 is 0 Å². The molecule has 0 aliphatic rings. The highest BCUT2D eigenvalue weighted by Gasteiger charge is 2.91. The second-order valence-corrected chi connectivity index (χ2v) is 3.52. The van der Waals surface area contributed by atoms with Gasteiger partial charge in [0, 0.05) is 7.11 Å². The minimum atomic E-state index is -7.51. The number of hydrogen-bond donors (Lipinski definition) is 0. The number of rotatable bonds is 4. The molecule has 2 nitrogen and oxygen atoms in total. The van der Waals surface area contributed by atoms with Gasteiger partial charge in [-0.25, -0.2) is 4.74 Å². The molecular formula is C7H3F13O2. The molecule has 15 heteroatoms. The van der Waals surface area contributed by atoms with Crippen LogP contribution in [-0.2, 0) is 9.47 Å². The van der Waals surface area contributed by atoms with Crippen LogP contribution in [0.2, 0.25) is 0 Å². The first-order chi connectivity index (χ1) is 9.27. The first kappa shape index (κ1) is 21.0. The highest BCUT2D eigenvalue weighted by atomic mass is 19.4. The Balaban J connectivity index is 6.38. The molecule has 134 valence electrons. The summed E-state index contributed by atoms with van der Waals surface area (Å²) in [5.41, 5.74) is -6.94. The first-order valence-electron chi connectivity index (χ1n) is 4.48. The Morgan fingerprint density at radius 2 is 0.909 bits per heavy atom. The van der Waals surface area contributed by atoms with Crippen molar-refractivity contribution < 1.29 is 66.5 Å². The lowest BCUT2D eigenvalue weighted by atomic mass is 9.92. The second-order valence-electron chi connectivity index (χ2n) is 3.52. The fourth-order valence-electron chi connectivity index (χ4n) is 1.29. The van der Waals surface area contributed by atoms with Crippen molar-refractivity contribution in [3.63, 3.8) is 0 Å². The van der Waals surface area contributed by atoms with Crippen molar-refractivity contribution in [3.8, 4) is 0 Å². The Bertz CT molecular complexity index is 375. The Morgan fingerprint density at radius 3 is 1.09 bits per heavy atom. The van der Waals surface area contributed by atoms with Gasteiger partial charge in [-0.3, -0.25) is 0 Å². The van der Waals surface area contributed by atoms with Crippen LogP contribution in [-0.4, -0.2) is 43.5 Å². The first-order valence-corrected chi connectivity index (χ1v) is 4.48. The van der Waals surface area contributed by atoms with Crippen molar-refractivity contribution in [3.05, 3.63) is 0 Å². The van der Waals surface area contributed by atoms with Crippen LogP contribution < -0.4 is 0 Å². The molecule has 0 aromatic heterocycles. The van der Waals surface area contributed by atoms with Crippen LogP contribution in [0.15, 0.2) is 0 Å². The Labute approximate surface area is 111 Å². The van der Waals surface area contributed by atoms with E-state index in [1.165, 1.54) is 4.74 Å². The molecule has 0 N–H and O–H groups in total. The third-order valence-electron chi connectivity index (χ3n) is 2.16. The summed E-state index contributed by atoms with van der Waals surface area (Å²) >= 11 is 0. The second kappa shape index (κ2) is 5.28. The topological polar surface area (TPSA) is 18.5 Å². The average Bonchev–Trinajstić information content (AvgIpc) is 2.08. The van der Waals surface area contributed by atoms with Gasteiger partial charge in [-0.2, -0.15) is 43.9 Å². The zero-order valence-corrected chi connectivity index (χ0v) is 9.73. The van der Waals surface area contributed by atoms with E-state index in [-0.39, 0.29) is 0 Å². The molecule has 0 rings (SSSR count). The number of alkyl halides is 13. The fourth-order valence-corrected chi connectivity index (χ4v) is 1.29. The SMILES string of the molecule is COC(C(F)(F)F)(C(F)(F)F)C(F)(F)C(F)(F)OC(F)(F)F. The lowest BCUT2D eigenvalue weighted by molar-refractivity contribution is -0.521. The van der Waals surface area contributed by atoms with Gasteiger partial charge in [0.05, 0.1) is 0 Å². The van der Waals surface area contributed by atoms with E-state index >= 15 is 0 Å². The maximum absolute atomic E-state index is 13.1. The van der Waals surface area contributed by atoms with Crippen LogP contribution in [0.3, 0.4) is 0 Å². The van der Waals surface area contributed by atoms with E-state index in [1.807, 2.05) is 0 Å². The number of hydrogen-bond acceptors (Lipinski definition) is 2. The minimum absolute atomic E-state index is 0.682. The van der Waals surface area contributed by atoms with Crippen LogP contribution in [0.25, 0.3) is 0 Å². The molecule has 0 aromatic carbocycles. The maximum atomic E-state index is 13.1. The summed E-state index contributed by atoms with van der Waals surface area (Å²) in [6.07, 6.45) is -28.4. The predicted octanol–water partition coefficient (Wildman–Crippen LogP) is 4.26. The van der Waals surface area contributed by atoms with Crippen molar-refractivity contribution in [2.24, 2.45) is 0 Å². The molecule has 0 aliphatic heterocycles. The molecule has 0 fully saturated rings. The number of ether oxygens (including phenoxy) is 2. The predicted molar refractivity (Wildman–Crippen MR) is 38.9 cm³/mol. The van der Waals surface area contributed by atoms with Crippen molar-refractivity contribution in [2.75, 3.05) is 7.11 Å². The normalized spacial score (nSPS) is 16.1. The van der Waals surface area contributed by atoms with Gasteiger partial charge in [0.1, 0.15) is 0 Å². The summed E-state index contributed by atoms with van der Waals surface area (Å²) in [6, 6.07) is 0. The molecule has 0 aromatic rings. The maximum Gasteiger partial charge on any atom is 0.527 e. The molecule has 0 unspecified atom stereocenters. The molecule has 0 saturated carbocycles. The van der Waals surface area contributed by atoms with E-state index in [1.54, 1.807) is 0 Å². The van der Waals surface area contributed by atoms with Gasteiger partial charge in [0.15, 0.2) is 0 Å². The summed E-state index contributed by atoms with van der Waals surface area (Å²) in [5.74, 6) is -7.51. The molecule has 0 radical (unpaired) electrons. The van der Waals surface area contributed by atoms with Crippen LogP contribution in [0, 0.1) is 0 Å². The molecule has 0 amide bonds. The molecule has 0 saturated heterocycles. The summed E-state index contributed by atoms with van der Waals surface area (Å²) in [5, 5.41) is 0. The Morgan fingerprint density at radius 1 is 0.591 bits per heavy atom. The van der Waals surface area contributed by atoms with Gasteiger partial charge in [-0.05, 0) is 0 Å². The van der Waals surface area contributed by atoms with Crippen molar-refractivity contribution in [1.29, 1.82) is 0 Å². The standard InChI is InChI=1S/C7H3F13O2/c1-21-2(4(10,11)12,5(13,14)15)3(8,9)6(16,17)22-7(18,19)20/h1H3. The molecule has 0 bridgehead atoms. The monoisotopic (exact) mass is 366 g/mol. The molecule has 22 heavy (non-hydrogen) atoms. The highest BCUT2D eigenvalue weighted by molar-refractivity contribution is 5.09. The molecule has 0 heterocycles. The van der Waals surface area contributed by atoms with Gasteiger partial charge < -0.3 is 4.74 Å². The third kappa shape index (κ3) is 3.18. The third-order valence-corrected chi connectivity index (χ3v) is 2.16. The lowest BCUT2D eigenvalue weighted by Gasteiger charge is -2.43. The van der Waals surface area contributed by atoms with Gasteiger partial charge in [-0.1, -0.05) is 0 Å². The van der Waals surface area contributed by atoms with E-state index in [0.29, 0.717) is 0 Å². The van der Waals surface area contributed by atoms with Crippen molar-refractivity contribution >= 4 is 0 Å². The van der Waals surface area contributed by atoms with Crippen LogP contribution in [0.5, 0.6) is 0 Å². The molecule has 0 spiro atoms. The van der Waals surface area contributed by atoms with E-state index in [4.69, 9.17) is 0 Å². The van der Waals surface area contributed by atoms with Gasteiger partial charge in [0.25, 0.3) is 0 Å². The molecular weight excluding hydrogens is 363 g/mol. The van der Waals surface area contributed by atoms with Gasteiger partial charge in [0.2, 0.25) is 0 Å². The number of methoxy groups -OCH3 is 1. The van der Waals surface area contributed by atoms with E-state index in [9.17, 15) is 57.1 Å². The largest absolute Gasteiger partial charge is 0.527 e. The minimum Gasteiger partial charge on any atom is -0.357 e. The summed E-state index contributed by atoms with van der Waals surface area (Å²) in [7, 11) is -0.682. The Kier molecular flexibility index (Phi) is 5.04. The number of halogens is 13. The highest BCUT2D eigenvalue weighted by Crippen LogP contribution is 2.59. The summed E-state index contributed by atoms with van der Waals surface area (Å²) < 4.78 is 164. The van der Waals surface area contributed by atoms with Crippen molar-refractivity contribution in [1.82, 2.24) is 0 Å². The van der Waals surface area contributed by atoms with E-state index in [2.05, 4.69) is 4.74 Å². The summed E-state index contributed by atoms with van der Waals surface area (Å²) in [6.45, 7) is 0. The summed E-state index contributed by atoms with van der Waals surface area (Å²) in [4.78, 5) is 0. The zero-order chi connectivity index (χ0) is 18.4.